The molecule has 0 aliphatic carbocycles. The number of amides is 1. The van der Waals surface area contributed by atoms with Crippen molar-refractivity contribution in [2.75, 3.05) is 32.2 Å². The van der Waals surface area contributed by atoms with Gasteiger partial charge >= 0.3 is 0 Å². The van der Waals surface area contributed by atoms with E-state index in [1.807, 2.05) is 0 Å². The number of rotatable bonds is 10. The Labute approximate surface area is 203 Å². The number of hydrogen-bond acceptors (Lipinski definition) is 8. The number of hydrogen-bond donors (Lipinski definition) is 2. The summed E-state index contributed by atoms with van der Waals surface area (Å²) in [6, 6.07) is 16.9. The van der Waals surface area contributed by atoms with Crippen molar-refractivity contribution in [3.8, 4) is 23.0 Å². The van der Waals surface area contributed by atoms with Crippen LogP contribution < -0.4 is 23.9 Å². The molecule has 10 nitrogen and oxygen atoms in total. The molecular formula is C24H25N3O7S. The summed E-state index contributed by atoms with van der Waals surface area (Å²) in [6.07, 6.45) is 1.34. The van der Waals surface area contributed by atoms with Gasteiger partial charge in [-0.25, -0.2) is 13.8 Å². The SMILES string of the molecule is COc1ccc(OC)c(N(CC(=O)N/N=C\c2ccc(O)c(OC)c2)S(=O)(=O)c2ccccc2)c1. The first-order valence-electron chi connectivity index (χ1n) is 10.3. The van der Waals surface area contributed by atoms with Gasteiger partial charge in [-0.05, 0) is 48.0 Å². The fourth-order valence-corrected chi connectivity index (χ4v) is 4.57. The van der Waals surface area contributed by atoms with Crippen LogP contribution in [0.15, 0.2) is 76.7 Å². The lowest BCUT2D eigenvalue weighted by molar-refractivity contribution is -0.119. The zero-order chi connectivity index (χ0) is 25.4. The molecule has 0 radical (unpaired) electrons. The second-order valence-corrected chi connectivity index (χ2v) is 8.95. The largest absolute Gasteiger partial charge is 0.504 e. The Morgan fingerprint density at radius 1 is 0.971 bits per heavy atom. The van der Waals surface area contributed by atoms with Crippen LogP contribution in [-0.4, -0.2) is 53.5 Å². The number of methoxy groups -OCH3 is 3. The lowest BCUT2D eigenvalue weighted by atomic mass is 10.2. The van der Waals surface area contributed by atoms with Crippen LogP contribution in [0.2, 0.25) is 0 Å². The predicted octanol–water partition coefficient (Wildman–Crippen LogP) is 2.76. The van der Waals surface area contributed by atoms with Gasteiger partial charge in [-0.2, -0.15) is 5.10 Å². The first-order chi connectivity index (χ1) is 16.8. The Morgan fingerprint density at radius 3 is 2.34 bits per heavy atom. The molecule has 3 rings (SSSR count). The van der Waals surface area contributed by atoms with Crippen molar-refractivity contribution >= 4 is 27.8 Å². The third kappa shape index (κ3) is 6.01. The highest BCUT2D eigenvalue weighted by Crippen LogP contribution is 2.35. The van der Waals surface area contributed by atoms with Crippen LogP contribution in [-0.2, 0) is 14.8 Å². The normalized spacial score (nSPS) is 11.2. The summed E-state index contributed by atoms with van der Waals surface area (Å²) in [4.78, 5) is 12.8. The number of carbonyl (C=O) groups is 1. The minimum atomic E-state index is -4.16. The Kier molecular flexibility index (Phi) is 8.16. The van der Waals surface area contributed by atoms with Crippen LogP contribution in [0.3, 0.4) is 0 Å². The number of aromatic hydroxyl groups is 1. The number of sulfonamides is 1. The summed E-state index contributed by atoms with van der Waals surface area (Å²) in [5.74, 6) is 0.121. The molecule has 0 saturated carbocycles. The molecule has 0 aromatic heterocycles. The molecule has 0 aliphatic heterocycles. The topological polar surface area (TPSA) is 127 Å². The van der Waals surface area contributed by atoms with Gasteiger partial charge in [0.25, 0.3) is 15.9 Å². The smallest absolute Gasteiger partial charge is 0.264 e. The van der Waals surface area contributed by atoms with Crippen molar-refractivity contribution in [2.45, 2.75) is 4.90 Å². The van der Waals surface area contributed by atoms with Gasteiger partial charge in [0.15, 0.2) is 11.5 Å². The number of carbonyl (C=O) groups excluding carboxylic acids is 1. The first-order valence-corrected chi connectivity index (χ1v) is 11.7. The fraction of sp³-hybridized carbons (Fsp3) is 0.167. The zero-order valence-corrected chi connectivity index (χ0v) is 20.2. The van der Waals surface area contributed by atoms with Gasteiger partial charge in [0.1, 0.15) is 18.0 Å². The number of hydrazone groups is 1. The van der Waals surface area contributed by atoms with Crippen LogP contribution in [0.1, 0.15) is 5.56 Å². The summed E-state index contributed by atoms with van der Waals surface area (Å²) in [5, 5.41) is 13.6. The van der Waals surface area contributed by atoms with Crippen LogP contribution in [0.4, 0.5) is 5.69 Å². The molecule has 3 aromatic rings. The van der Waals surface area contributed by atoms with E-state index in [0.29, 0.717) is 11.3 Å². The monoisotopic (exact) mass is 499 g/mol. The highest BCUT2D eigenvalue weighted by atomic mass is 32.2. The number of nitrogens with zero attached hydrogens (tertiary/aromatic N) is 2. The third-order valence-electron chi connectivity index (χ3n) is 4.88. The highest BCUT2D eigenvalue weighted by Gasteiger charge is 2.29. The molecule has 0 heterocycles. The summed E-state index contributed by atoms with van der Waals surface area (Å²) < 4.78 is 43.6. The standard InChI is InChI=1S/C24H25N3O7S/c1-32-18-10-12-22(33-2)20(14-18)27(35(30,31)19-7-5-4-6-8-19)16-24(29)26-25-15-17-9-11-21(28)23(13-17)34-3/h4-15,28H,16H2,1-3H3,(H,26,29)/b25-15-. The van der Waals surface area contributed by atoms with Crippen LogP contribution >= 0.6 is 0 Å². The molecule has 0 atom stereocenters. The number of anilines is 1. The second kappa shape index (κ2) is 11.3. The molecule has 0 unspecified atom stereocenters. The van der Waals surface area contributed by atoms with Crippen molar-refractivity contribution in [3.63, 3.8) is 0 Å². The van der Waals surface area contributed by atoms with Crippen LogP contribution in [0.5, 0.6) is 23.0 Å². The van der Waals surface area contributed by atoms with E-state index in [4.69, 9.17) is 14.2 Å². The Hall–Kier alpha value is -4.25. The van der Waals surface area contributed by atoms with Crippen molar-refractivity contribution in [3.05, 3.63) is 72.3 Å². The Bertz CT molecular complexity index is 1310. The lowest BCUT2D eigenvalue weighted by Gasteiger charge is -2.25. The molecule has 3 aromatic carbocycles. The van der Waals surface area contributed by atoms with E-state index in [1.165, 1.54) is 57.9 Å². The molecule has 0 aliphatic rings. The molecular weight excluding hydrogens is 474 g/mol. The number of phenols is 1. The van der Waals surface area contributed by atoms with E-state index < -0.39 is 22.5 Å². The molecule has 2 N–H and O–H groups in total. The molecule has 11 heteroatoms. The average molecular weight is 500 g/mol. The summed E-state index contributed by atoms with van der Waals surface area (Å²) in [6.45, 7) is -0.586. The number of benzene rings is 3. The number of ether oxygens (including phenoxy) is 3. The van der Waals surface area contributed by atoms with Gasteiger partial charge in [0, 0.05) is 6.07 Å². The quantitative estimate of drug-likeness (QED) is 0.324. The molecule has 0 spiro atoms. The van der Waals surface area contributed by atoms with Gasteiger partial charge in [-0.3, -0.25) is 9.10 Å². The van der Waals surface area contributed by atoms with Gasteiger partial charge in [-0.15, -0.1) is 0 Å². The maximum atomic E-state index is 13.5. The van der Waals surface area contributed by atoms with Gasteiger partial charge in [-0.1, -0.05) is 18.2 Å². The van der Waals surface area contributed by atoms with E-state index in [9.17, 15) is 18.3 Å². The van der Waals surface area contributed by atoms with E-state index >= 15 is 0 Å². The lowest BCUT2D eigenvalue weighted by Crippen LogP contribution is -2.39. The Morgan fingerprint density at radius 2 is 1.69 bits per heavy atom. The second-order valence-electron chi connectivity index (χ2n) is 7.09. The summed E-state index contributed by atoms with van der Waals surface area (Å²) >= 11 is 0. The molecule has 184 valence electrons. The van der Waals surface area contributed by atoms with Crippen molar-refractivity contribution < 1.29 is 32.5 Å². The highest BCUT2D eigenvalue weighted by molar-refractivity contribution is 7.92. The van der Waals surface area contributed by atoms with Gasteiger partial charge in [0.2, 0.25) is 0 Å². The number of nitrogens with one attached hydrogen (secondary N) is 1. The molecule has 0 bridgehead atoms. The van der Waals surface area contributed by atoms with Crippen molar-refractivity contribution in [2.24, 2.45) is 5.10 Å². The fourth-order valence-electron chi connectivity index (χ4n) is 3.13. The third-order valence-corrected chi connectivity index (χ3v) is 6.65. The van der Waals surface area contributed by atoms with Crippen LogP contribution in [0, 0.1) is 0 Å². The van der Waals surface area contributed by atoms with E-state index in [0.717, 1.165) is 4.31 Å². The zero-order valence-electron chi connectivity index (χ0n) is 19.3. The van der Waals surface area contributed by atoms with Crippen molar-refractivity contribution in [1.82, 2.24) is 5.43 Å². The first kappa shape index (κ1) is 25.4. The van der Waals surface area contributed by atoms with Gasteiger partial charge < -0.3 is 19.3 Å². The summed E-state index contributed by atoms with van der Waals surface area (Å²) in [7, 11) is 0.0957. The predicted molar refractivity (Wildman–Crippen MR) is 131 cm³/mol. The molecule has 1 amide bonds. The molecule has 0 saturated heterocycles. The Balaban J connectivity index is 1.91. The maximum Gasteiger partial charge on any atom is 0.264 e. The minimum absolute atomic E-state index is 0.00244. The molecule has 35 heavy (non-hydrogen) atoms. The summed E-state index contributed by atoms with van der Waals surface area (Å²) in [5.41, 5.74) is 2.99. The minimum Gasteiger partial charge on any atom is -0.504 e. The average Bonchev–Trinajstić information content (AvgIpc) is 2.88. The van der Waals surface area contributed by atoms with E-state index in [-0.39, 0.29) is 27.8 Å². The maximum absolute atomic E-state index is 13.5. The van der Waals surface area contributed by atoms with Gasteiger partial charge in [0.05, 0.1) is 38.1 Å². The van der Waals surface area contributed by atoms with Crippen molar-refractivity contribution in [1.29, 1.82) is 0 Å². The van der Waals surface area contributed by atoms with E-state index in [1.54, 1.807) is 36.4 Å². The molecule has 0 fully saturated rings. The van der Waals surface area contributed by atoms with E-state index in [2.05, 4.69) is 10.5 Å². The van der Waals surface area contributed by atoms with Crippen LogP contribution in [0.25, 0.3) is 0 Å². The number of phenolic OH excluding ortho intramolecular Hbond substituents is 1.